The van der Waals surface area contributed by atoms with Crippen LogP contribution in [0, 0.1) is 0 Å². The maximum absolute atomic E-state index is 5.10. The van der Waals surface area contributed by atoms with Crippen LogP contribution in [0.25, 0.3) is 15.3 Å². The van der Waals surface area contributed by atoms with Crippen LogP contribution in [-0.2, 0) is 0 Å². The van der Waals surface area contributed by atoms with E-state index in [1.54, 1.807) is 11.3 Å². The van der Waals surface area contributed by atoms with Crippen molar-refractivity contribution in [3.8, 4) is 5.13 Å². The molecular weight excluding hydrogens is 398 g/mol. The van der Waals surface area contributed by atoms with Crippen LogP contribution < -0.4 is 0 Å². The molecule has 1 aromatic carbocycles. The lowest BCUT2D eigenvalue weighted by atomic mass is 10.0. The lowest BCUT2D eigenvalue weighted by Gasteiger charge is -2.27. The summed E-state index contributed by atoms with van der Waals surface area (Å²) >= 11 is 3.59. The maximum Gasteiger partial charge on any atom is 0.194 e. The topological polar surface area (TPSA) is 46.3 Å². The van der Waals surface area contributed by atoms with E-state index in [0.29, 0.717) is 5.25 Å². The van der Waals surface area contributed by atoms with Gasteiger partial charge in [-0.05, 0) is 36.4 Å². The van der Waals surface area contributed by atoms with E-state index in [9.17, 15) is 0 Å². The van der Waals surface area contributed by atoms with E-state index < -0.39 is 0 Å². The molecule has 0 amide bonds. The second kappa shape index (κ2) is 6.71. The molecule has 1 saturated heterocycles. The molecule has 3 aromatic heterocycles. The average Bonchev–Trinajstić information content (AvgIpc) is 3.49. The number of pyridine rings is 1. The molecule has 0 spiro atoms. The smallest absolute Gasteiger partial charge is 0.194 e. The molecule has 4 aromatic rings. The second-order valence-corrected chi connectivity index (χ2v) is 9.82. The van der Waals surface area contributed by atoms with E-state index in [4.69, 9.17) is 9.98 Å². The molecular formula is C22H19N5S2. The van der Waals surface area contributed by atoms with Gasteiger partial charge >= 0.3 is 0 Å². The van der Waals surface area contributed by atoms with Crippen LogP contribution in [0.3, 0.4) is 0 Å². The molecule has 0 aliphatic carbocycles. The van der Waals surface area contributed by atoms with Crippen molar-refractivity contribution in [2.45, 2.75) is 24.3 Å². The quantitative estimate of drug-likeness (QED) is 0.467. The summed E-state index contributed by atoms with van der Waals surface area (Å²) in [4.78, 5) is 17.1. The van der Waals surface area contributed by atoms with Crippen molar-refractivity contribution in [1.29, 1.82) is 0 Å². The van der Waals surface area contributed by atoms with Gasteiger partial charge in [-0.2, -0.15) is 0 Å². The highest BCUT2D eigenvalue weighted by Crippen LogP contribution is 2.48. The molecule has 1 fully saturated rings. The molecule has 0 saturated carbocycles. The predicted octanol–water partition coefficient (Wildman–Crippen LogP) is 5.07. The summed E-state index contributed by atoms with van der Waals surface area (Å²) in [6.45, 7) is 3.27. The highest BCUT2D eigenvalue weighted by molar-refractivity contribution is 8.14. The summed E-state index contributed by atoms with van der Waals surface area (Å²) in [6, 6.07) is 18.8. The van der Waals surface area contributed by atoms with Gasteiger partial charge in [-0.1, -0.05) is 48.2 Å². The number of para-hydroxylation sites is 1. The molecule has 5 heterocycles. The number of thioether (sulfide) groups is 1. The monoisotopic (exact) mass is 417 g/mol. The Morgan fingerprint density at radius 2 is 1.93 bits per heavy atom. The number of benzene rings is 1. The van der Waals surface area contributed by atoms with E-state index in [2.05, 4.69) is 64.0 Å². The highest BCUT2D eigenvalue weighted by Gasteiger charge is 2.44. The van der Waals surface area contributed by atoms with Gasteiger partial charge in [-0.3, -0.25) is 14.5 Å². The Balaban J connectivity index is 1.47. The molecule has 29 heavy (non-hydrogen) atoms. The largest absolute Gasteiger partial charge is 0.339 e. The van der Waals surface area contributed by atoms with Crippen molar-refractivity contribution in [2.24, 2.45) is 4.99 Å². The van der Waals surface area contributed by atoms with Gasteiger partial charge in [-0.25, -0.2) is 4.98 Å². The summed E-state index contributed by atoms with van der Waals surface area (Å²) in [5.41, 5.74) is 3.28. The molecule has 3 atom stereocenters. The van der Waals surface area contributed by atoms with E-state index in [1.807, 2.05) is 36.2 Å². The van der Waals surface area contributed by atoms with Gasteiger partial charge in [0.15, 0.2) is 10.3 Å². The number of amidine groups is 1. The zero-order valence-corrected chi connectivity index (χ0v) is 17.5. The first-order chi connectivity index (χ1) is 14.3. The molecule has 0 bridgehead atoms. The zero-order valence-electron chi connectivity index (χ0n) is 15.8. The Morgan fingerprint density at radius 1 is 1.03 bits per heavy atom. The number of thiazole rings is 1. The molecule has 7 heteroatoms. The minimum Gasteiger partial charge on any atom is -0.339 e. The fraction of sp³-hybridized carbons (Fsp3) is 0.227. The molecule has 2 aliphatic heterocycles. The molecule has 2 aliphatic rings. The lowest BCUT2D eigenvalue weighted by Crippen LogP contribution is -2.30. The zero-order chi connectivity index (χ0) is 19.4. The van der Waals surface area contributed by atoms with Gasteiger partial charge in [0.05, 0.1) is 27.6 Å². The number of aromatic nitrogens is 3. The molecule has 0 unspecified atom stereocenters. The van der Waals surface area contributed by atoms with Crippen molar-refractivity contribution >= 4 is 38.5 Å². The van der Waals surface area contributed by atoms with E-state index in [1.165, 1.54) is 10.4 Å². The molecule has 0 N–H and O–H groups in total. The third kappa shape index (κ3) is 2.80. The number of rotatable bonds is 3. The van der Waals surface area contributed by atoms with Gasteiger partial charge < -0.3 is 4.90 Å². The minimum absolute atomic E-state index is 0.00534. The fourth-order valence-corrected chi connectivity index (χ4v) is 6.27. The van der Waals surface area contributed by atoms with E-state index in [-0.39, 0.29) is 12.1 Å². The predicted molar refractivity (Wildman–Crippen MR) is 120 cm³/mol. The number of nitrogens with zero attached hydrogens (tertiary/aromatic N) is 5. The Kier molecular flexibility index (Phi) is 3.99. The van der Waals surface area contributed by atoms with Gasteiger partial charge in [0.2, 0.25) is 0 Å². The van der Waals surface area contributed by atoms with Crippen LogP contribution in [0.4, 0.5) is 0 Å². The van der Waals surface area contributed by atoms with Gasteiger partial charge in [0.1, 0.15) is 6.04 Å². The van der Waals surface area contributed by atoms with Gasteiger partial charge in [0.25, 0.3) is 0 Å². The fourth-order valence-electron chi connectivity index (χ4n) is 4.21. The Hall–Kier alpha value is -2.64. The first kappa shape index (κ1) is 17.2. The third-order valence-corrected chi connectivity index (χ3v) is 7.59. The van der Waals surface area contributed by atoms with Crippen molar-refractivity contribution in [1.82, 2.24) is 19.4 Å². The number of aliphatic imine (C=N–C) groups is 1. The molecule has 144 valence electrons. The van der Waals surface area contributed by atoms with Crippen molar-refractivity contribution in [3.63, 3.8) is 0 Å². The van der Waals surface area contributed by atoms with Crippen LogP contribution in [-0.4, -0.2) is 36.4 Å². The Labute approximate surface area is 177 Å². The first-order valence-corrected chi connectivity index (χ1v) is 11.4. The van der Waals surface area contributed by atoms with Crippen LogP contribution in [0.15, 0.2) is 72.0 Å². The summed E-state index contributed by atoms with van der Waals surface area (Å²) < 4.78 is 3.44. The van der Waals surface area contributed by atoms with Crippen LogP contribution in [0.1, 0.15) is 30.4 Å². The molecule has 6 rings (SSSR count). The second-order valence-electron chi connectivity index (χ2n) is 7.40. The highest BCUT2D eigenvalue weighted by atomic mass is 32.2. The average molecular weight is 418 g/mol. The summed E-state index contributed by atoms with van der Waals surface area (Å²) in [6.07, 6.45) is 3.98. The first-order valence-electron chi connectivity index (χ1n) is 9.73. The maximum atomic E-state index is 5.10. The summed E-state index contributed by atoms with van der Waals surface area (Å²) in [7, 11) is 0. The van der Waals surface area contributed by atoms with Crippen LogP contribution >= 0.6 is 23.1 Å². The van der Waals surface area contributed by atoms with E-state index in [0.717, 1.165) is 28.1 Å². The third-order valence-electron chi connectivity index (χ3n) is 5.45. The lowest BCUT2D eigenvalue weighted by molar-refractivity contribution is 0.312. The molecule has 0 radical (unpaired) electrons. The van der Waals surface area contributed by atoms with Crippen LogP contribution in [0.2, 0.25) is 0 Å². The van der Waals surface area contributed by atoms with Gasteiger partial charge in [0, 0.05) is 24.2 Å². The standard InChI is InChI=1S/C22H19N5S2/c1-14-13-27-20(19(25-22(27)28-14)16-8-4-5-11-23-16)17-9-6-12-26(17)21-24-15-7-2-3-10-18(15)29-21/h2-12,14,19-20H,13H2,1H3/t14-,19-,20-/m0/s1. The molecule has 5 nitrogen and oxygen atoms in total. The summed E-state index contributed by atoms with van der Waals surface area (Å²) in [5.74, 6) is 0. The SMILES string of the molecule is C[C@H]1CN2C(=N[C@@H](c3ccccn3)[C@@H]2c2cccn2-c2nc3ccccc3s2)S1. The van der Waals surface area contributed by atoms with Gasteiger partial charge in [-0.15, -0.1) is 0 Å². The van der Waals surface area contributed by atoms with Crippen molar-refractivity contribution in [2.75, 3.05) is 6.54 Å². The Bertz CT molecular complexity index is 1180. The van der Waals surface area contributed by atoms with E-state index >= 15 is 0 Å². The number of fused-ring (bicyclic) bond motifs is 2. The number of hydrogen-bond acceptors (Lipinski definition) is 6. The Morgan fingerprint density at radius 3 is 2.79 bits per heavy atom. The summed E-state index contributed by atoms with van der Waals surface area (Å²) in [5, 5.41) is 2.68. The normalized spacial score (nSPS) is 23.6. The minimum atomic E-state index is -0.00534. The van der Waals surface area contributed by atoms with Crippen LogP contribution in [0.5, 0.6) is 0 Å². The number of hydrogen-bond donors (Lipinski definition) is 0. The van der Waals surface area contributed by atoms with Crippen molar-refractivity contribution in [3.05, 3.63) is 78.4 Å². The van der Waals surface area contributed by atoms with Crippen molar-refractivity contribution < 1.29 is 0 Å².